The number of hydrogen-bond acceptors (Lipinski definition) is 5. The van der Waals surface area contributed by atoms with Gasteiger partial charge in [0.15, 0.2) is 0 Å². The zero-order valence-corrected chi connectivity index (χ0v) is 22.1. The van der Waals surface area contributed by atoms with Crippen molar-refractivity contribution in [3.63, 3.8) is 0 Å². The zero-order valence-electron chi connectivity index (χ0n) is 22.1. The summed E-state index contributed by atoms with van der Waals surface area (Å²) in [4.78, 5) is 32.4. The molecule has 5 heterocycles. The van der Waals surface area contributed by atoms with Gasteiger partial charge < -0.3 is 14.8 Å². The number of imide groups is 1. The Bertz CT molecular complexity index is 1210. The zero-order chi connectivity index (χ0) is 26.5. The summed E-state index contributed by atoms with van der Waals surface area (Å²) in [5.74, 6) is -3.37. The molecule has 6 rings (SSSR count). The van der Waals surface area contributed by atoms with Gasteiger partial charge in [0.2, 0.25) is 5.91 Å². The first kappa shape index (κ1) is 25.7. The van der Waals surface area contributed by atoms with Crippen LogP contribution in [0, 0.1) is 18.3 Å². The highest BCUT2D eigenvalue weighted by Gasteiger charge is 2.44. The summed E-state index contributed by atoms with van der Waals surface area (Å²) >= 11 is 0. The van der Waals surface area contributed by atoms with E-state index in [1.807, 2.05) is 6.07 Å². The van der Waals surface area contributed by atoms with Gasteiger partial charge in [0.05, 0.1) is 18.4 Å². The van der Waals surface area contributed by atoms with Crippen LogP contribution in [0.3, 0.4) is 0 Å². The Morgan fingerprint density at radius 1 is 1.08 bits per heavy atom. The lowest BCUT2D eigenvalue weighted by molar-refractivity contribution is -0.120. The average molecular weight is 529 g/mol. The Morgan fingerprint density at radius 2 is 1.84 bits per heavy atom. The largest absolute Gasteiger partial charge is 0.329 e. The van der Waals surface area contributed by atoms with E-state index in [1.54, 1.807) is 11.1 Å². The molecular weight excluding hydrogens is 490 g/mol. The monoisotopic (exact) mass is 528 g/mol. The molecule has 3 amide bonds. The number of amides is 3. The molecule has 1 aliphatic carbocycles. The van der Waals surface area contributed by atoms with Crippen LogP contribution in [0.5, 0.6) is 0 Å². The predicted octanol–water partition coefficient (Wildman–Crippen LogP) is 4.23. The number of piperidine rings is 2. The van der Waals surface area contributed by atoms with Crippen molar-refractivity contribution < 1.29 is 18.4 Å². The second-order valence-corrected chi connectivity index (χ2v) is 12.0. The highest BCUT2D eigenvalue weighted by atomic mass is 19.3. The average Bonchev–Trinajstić information content (AvgIpc) is 3.23. The van der Waals surface area contributed by atoms with Crippen molar-refractivity contribution in [2.45, 2.75) is 70.3 Å². The van der Waals surface area contributed by atoms with Gasteiger partial charge >= 0.3 is 6.03 Å². The molecule has 1 atom stereocenters. The fourth-order valence-electron chi connectivity index (χ4n) is 7.14. The minimum atomic E-state index is -2.60. The third kappa shape index (κ3) is 4.81. The van der Waals surface area contributed by atoms with E-state index in [2.05, 4.69) is 33.2 Å². The smallest absolute Gasteiger partial charge is 0.328 e. The topological polar surface area (TPSA) is 82.5 Å². The van der Waals surface area contributed by atoms with Crippen LogP contribution in [0.25, 0.3) is 11.0 Å². The molecule has 3 aliphatic heterocycles. The van der Waals surface area contributed by atoms with Gasteiger partial charge in [0.25, 0.3) is 5.92 Å². The Hall–Kier alpha value is -2.59. The van der Waals surface area contributed by atoms with Crippen LogP contribution in [0.1, 0.15) is 63.0 Å². The number of pyridine rings is 1. The molecule has 0 aromatic carbocycles. The van der Waals surface area contributed by atoms with Gasteiger partial charge in [0.1, 0.15) is 5.65 Å². The number of nitrogens with zero attached hydrogens (tertiary/aromatic N) is 4. The van der Waals surface area contributed by atoms with Crippen molar-refractivity contribution in [1.82, 2.24) is 25.1 Å². The molecule has 4 fully saturated rings. The maximum Gasteiger partial charge on any atom is 0.328 e. The number of fused-ring (bicyclic) bond motifs is 1. The van der Waals surface area contributed by atoms with E-state index in [1.165, 1.54) is 0 Å². The molecule has 38 heavy (non-hydrogen) atoms. The summed E-state index contributed by atoms with van der Waals surface area (Å²) in [5.41, 5.74) is 3.12. The van der Waals surface area contributed by atoms with E-state index >= 15 is 0 Å². The molecule has 0 radical (unpaired) electrons. The van der Waals surface area contributed by atoms with E-state index in [4.69, 9.17) is 4.98 Å². The van der Waals surface area contributed by atoms with E-state index in [9.17, 15) is 18.4 Å². The Balaban J connectivity index is 1.08. The predicted molar refractivity (Wildman–Crippen MR) is 142 cm³/mol. The summed E-state index contributed by atoms with van der Waals surface area (Å²) in [6, 6.07) is 2.00. The summed E-state index contributed by atoms with van der Waals surface area (Å²) < 4.78 is 30.9. The van der Waals surface area contributed by atoms with E-state index in [0.29, 0.717) is 43.2 Å². The van der Waals surface area contributed by atoms with Crippen molar-refractivity contribution in [3.05, 3.63) is 24.0 Å². The number of nitrogens with one attached hydrogen (secondary N) is 2. The summed E-state index contributed by atoms with van der Waals surface area (Å²) in [7, 11) is 0. The van der Waals surface area contributed by atoms with Crippen molar-refractivity contribution >= 4 is 28.7 Å². The van der Waals surface area contributed by atoms with Crippen molar-refractivity contribution in [2.24, 2.45) is 11.3 Å². The molecule has 206 valence electrons. The summed E-state index contributed by atoms with van der Waals surface area (Å²) in [6.45, 7) is 5.32. The second-order valence-electron chi connectivity index (χ2n) is 12.0. The van der Waals surface area contributed by atoms with E-state index < -0.39 is 17.9 Å². The minimum Gasteiger partial charge on any atom is -0.329 e. The van der Waals surface area contributed by atoms with Crippen molar-refractivity contribution in [1.29, 1.82) is 0 Å². The first-order valence-electron chi connectivity index (χ1n) is 14.1. The normalized spacial score (nSPS) is 26.7. The second kappa shape index (κ2) is 9.86. The molecule has 8 nitrogen and oxygen atoms in total. The van der Waals surface area contributed by atoms with Gasteiger partial charge in [-0.2, -0.15) is 0 Å². The minimum absolute atomic E-state index is 0.185. The molecule has 1 saturated carbocycles. The lowest BCUT2D eigenvalue weighted by atomic mass is 9.67. The van der Waals surface area contributed by atoms with Crippen molar-refractivity contribution in [3.8, 4) is 0 Å². The highest BCUT2D eigenvalue weighted by molar-refractivity contribution is 6.06. The number of hydrogen-bond donors (Lipinski definition) is 2. The number of alkyl halides is 2. The third-order valence-corrected chi connectivity index (χ3v) is 9.65. The van der Waals surface area contributed by atoms with E-state index in [-0.39, 0.29) is 18.9 Å². The molecule has 4 aliphatic rings. The number of carbonyl (C=O) groups is 2. The van der Waals surface area contributed by atoms with Crippen LogP contribution in [0.4, 0.5) is 19.3 Å². The SMILES string of the molecule is Cc1cn(C2CCC3(CC2)CCN(C[C@H]2CCNCC2(F)F)CC3)c2ncc(N3CCC(=O)NC3=O)cc12. The third-order valence-electron chi connectivity index (χ3n) is 9.65. The van der Waals surface area contributed by atoms with Gasteiger partial charge in [-0.05, 0) is 88.5 Å². The standard InChI is InChI=1S/C28H38F2N6O2/c1-19-16-36(25-23(19)14-22(15-32-25)35-11-5-24(37)33-26(35)38)21-2-6-27(7-3-21)8-12-34(13-9-27)17-20-4-10-31-18-28(20,29)30/h14-16,20-21,31H,2-13,17-18H2,1H3,(H,33,37,38)/t20-/m1/s1. The highest BCUT2D eigenvalue weighted by Crippen LogP contribution is 2.48. The summed E-state index contributed by atoms with van der Waals surface area (Å²) in [5, 5.41) is 6.25. The number of aromatic nitrogens is 2. The fourth-order valence-corrected chi connectivity index (χ4v) is 7.14. The molecule has 2 N–H and O–H groups in total. The first-order valence-corrected chi connectivity index (χ1v) is 14.1. The number of carbonyl (C=O) groups excluding carboxylic acids is 2. The van der Waals surface area contributed by atoms with Crippen LogP contribution >= 0.6 is 0 Å². The lowest BCUT2D eigenvalue weighted by Crippen LogP contribution is -2.52. The fraction of sp³-hybridized carbons (Fsp3) is 0.679. The number of anilines is 1. The van der Waals surface area contributed by atoms with Crippen LogP contribution in [0.15, 0.2) is 18.5 Å². The van der Waals surface area contributed by atoms with Gasteiger partial charge in [-0.3, -0.25) is 15.0 Å². The van der Waals surface area contributed by atoms with Crippen LogP contribution in [-0.4, -0.2) is 71.6 Å². The maximum absolute atomic E-state index is 14.3. The van der Waals surface area contributed by atoms with Crippen LogP contribution in [0.2, 0.25) is 0 Å². The maximum atomic E-state index is 14.3. The van der Waals surface area contributed by atoms with Gasteiger partial charge in [-0.1, -0.05) is 0 Å². The molecule has 0 bridgehead atoms. The van der Waals surface area contributed by atoms with Gasteiger partial charge in [-0.25, -0.2) is 18.6 Å². The van der Waals surface area contributed by atoms with Crippen LogP contribution in [-0.2, 0) is 4.79 Å². The quantitative estimate of drug-likeness (QED) is 0.621. The van der Waals surface area contributed by atoms with Crippen LogP contribution < -0.4 is 15.5 Å². The lowest BCUT2D eigenvalue weighted by Gasteiger charge is -2.47. The molecule has 2 aromatic rings. The number of likely N-dealkylation sites (tertiary alicyclic amines) is 1. The Morgan fingerprint density at radius 3 is 2.55 bits per heavy atom. The van der Waals surface area contributed by atoms with Crippen molar-refractivity contribution in [2.75, 3.05) is 44.2 Å². The van der Waals surface area contributed by atoms with E-state index in [0.717, 1.165) is 68.2 Å². The molecule has 2 aromatic heterocycles. The number of aryl methyl sites for hydroxylation is 1. The molecule has 3 saturated heterocycles. The first-order chi connectivity index (χ1) is 18.2. The molecule has 0 unspecified atom stereocenters. The Kier molecular flexibility index (Phi) is 6.66. The molecule has 1 spiro atoms. The molecular formula is C28H38F2N6O2. The Labute approximate surface area is 222 Å². The number of urea groups is 1. The summed E-state index contributed by atoms with van der Waals surface area (Å²) in [6.07, 6.45) is 11.5. The number of halogens is 2. The van der Waals surface area contributed by atoms with Gasteiger partial charge in [0, 0.05) is 43.1 Å². The number of rotatable bonds is 4. The molecule has 10 heteroatoms. The van der Waals surface area contributed by atoms with Gasteiger partial charge in [-0.15, -0.1) is 0 Å².